The summed E-state index contributed by atoms with van der Waals surface area (Å²) in [5.74, 6) is 0.0665. The summed E-state index contributed by atoms with van der Waals surface area (Å²) in [5.41, 5.74) is 1.65. The Balaban J connectivity index is 2.52. The van der Waals surface area contributed by atoms with Gasteiger partial charge in [-0.3, -0.25) is 4.55 Å². The van der Waals surface area contributed by atoms with Gasteiger partial charge in [0.2, 0.25) is 0 Å². The van der Waals surface area contributed by atoms with E-state index in [9.17, 15) is 8.42 Å². The zero-order valence-electron chi connectivity index (χ0n) is 9.01. The van der Waals surface area contributed by atoms with Crippen molar-refractivity contribution in [2.45, 2.75) is 24.2 Å². The molecule has 1 heterocycles. The maximum Gasteiger partial charge on any atom is 0.294 e. The van der Waals surface area contributed by atoms with Crippen molar-refractivity contribution in [2.75, 3.05) is 13.2 Å². The predicted octanol–water partition coefficient (Wildman–Crippen LogP) is 1.75. The summed E-state index contributed by atoms with van der Waals surface area (Å²) >= 11 is 0. The fourth-order valence-corrected chi connectivity index (χ4v) is 2.77. The van der Waals surface area contributed by atoms with Crippen LogP contribution in [-0.4, -0.2) is 26.2 Å². The molecule has 0 saturated carbocycles. The van der Waals surface area contributed by atoms with E-state index >= 15 is 0 Å². The van der Waals surface area contributed by atoms with Crippen molar-refractivity contribution < 1.29 is 17.7 Å². The van der Waals surface area contributed by atoms with Crippen LogP contribution in [0, 0.1) is 6.92 Å². The molecule has 0 bridgehead atoms. The first-order valence-electron chi connectivity index (χ1n) is 5.14. The van der Waals surface area contributed by atoms with E-state index in [0.29, 0.717) is 18.8 Å². The Labute approximate surface area is 95.0 Å². The minimum atomic E-state index is -4.14. The predicted molar refractivity (Wildman–Crippen MR) is 59.2 cm³/mol. The first-order chi connectivity index (χ1) is 7.48. The molecule has 2 rings (SSSR count). The third-order valence-electron chi connectivity index (χ3n) is 2.81. The van der Waals surface area contributed by atoms with Gasteiger partial charge in [0.1, 0.15) is 0 Å². The lowest BCUT2D eigenvalue weighted by molar-refractivity contribution is 0.193. The van der Waals surface area contributed by atoms with Crippen LogP contribution >= 0.6 is 0 Å². The SMILES string of the molecule is Cc1ccc(S(=O)(=O)O)c([C@H]2CCOC2)c1. The van der Waals surface area contributed by atoms with E-state index in [1.54, 1.807) is 6.07 Å². The Morgan fingerprint density at radius 1 is 1.44 bits per heavy atom. The second kappa shape index (κ2) is 4.16. The Bertz CT molecular complexity index is 487. The minimum Gasteiger partial charge on any atom is -0.381 e. The van der Waals surface area contributed by atoms with Crippen LogP contribution in [0.25, 0.3) is 0 Å². The van der Waals surface area contributed by atoms with Crippen LogP contribution in [0.3, 0.4) is 0 Å². The van der Waals surface area contributed by atoms with Gasteiger partial charge in [-0.2, -0.15) is 8.42 Å². The molecular formula is C11H14O4S. The fourth-order valence-electron chi connectivity index (χ4n) is 2.00. The van der Waals surface area contributed by atoms with Gasteiger partial charge in [-0.15, -0.1) is 0 Å². The van der Waals surface area contributed by atoms with Crippen LogP contribution in [0.2, 0.25) is 0 Å². The molecule has 1 aliphatic heterocycles. The van der Waals surface area contributed by atoms with Crippen LogP contribution in [0.4, 0.5) is 0 Å². The number of rotatable bonds is 2. The third kappa shape index (κ3) is 2.26. The van der Waals surface area contributed by atoms with Crippen LogP contribution in [0.5, 0.6) is 0 Å². The molecule has 1 N–H and O–H groups in total. The van der Waals surface area contributed by atoms with Crippen molar-refractivity contribution in [3.05, 3.63) is 29.3 Å². The molecule has 0 radical (unpaired) electrons. The normalized spacial score (nSPS) is 21.2. The Morgan fingerprint density at radius 3 is 2.75 bits per heavy atom. The van der Waals surface area contributed by atoms with E-state index in [1.807, 2.05) is 13.0 Å². The molecule has 1 fully saturated rings. The van der Waals surface area contributed by atoms with Crippen molar-refractivity contribution in [3.63, 3.8) is 0 Å². The molecule has 1 aromatic rings. The van der Waals surface area contributed by atoms with E-state index in [0.717, 1.165) is 12.0 Å². The molecule has 1 saturated heterocycles. The maximum atomic E-state index is 11.2. The molecule has 1 aliphatic rings. The van der Waals surface area contributed by atoms with Gasteiger partial charge in [-0.1, -0.05) is 17.7 Å². The Kier molecular flexibility index (Phi) is 3.01. The van der Waals surface area contributed by atoms with E-state index in [1.165, 1.54) is 6.07 Å². The van der Waals surface area contributed by atoms with Gasteiger partial charge in [0.05, 0.1) is 11.5 Å². The first kappa shape index (κ1) is 11.6. The molecule has 1 aromatic carbocycles. The second-order valence-corrected chi connectivity index (χ2v) is 5.47. The quantitative estimate of drug-likeness (QED) is 0.802. The number of benzene rings is 1. The summed E-state index contributed by atoms with van der Waals surface area (Å²) in [7, 11) is -4.14. The van der Waals surface area contributed by atoms with Gasteiger partial charge in [0.25, 0.3) is 10.1 Å². The number of aryl methyl sites for hydroxylation is 1. The summed E-state index contributed by atoms with van der Waals surface area (Å²) in [6.45, 7) is 3.06. The van der Waals surface area contributed by atoms with Crippen molar-refractivity contribution in [1.29, 1.82) is 0 Å². The molecule has 0 amide bonds. The van der Waals surface area contributed by atoms with E-state index in [2.05, 4.69) is 0 Å². The van der Waals surface area contributed by atoms with Crippen LogP contribution in [0.1, 0.15) is 23.5 Å². The number of ether oxygens (including phenoxy) is 1. The largest absolute Gasteiger partial charge is 0.381 e. The molecule has 16 heavy (non-hydrogen) atoms. The highest BCUT2D eigenvalue weighted by Gasteiger charge is 2.25. The molecular weight excluding hydrogens is 228 g/mol. The summed E-state index contributed by atoms with van der Waals surface area (Å²) in [4.78, 5) is 0.00796. The van der Waals surface area contributed by atoms with Gasteiger partial charge >= 0.3 is 0 Å². The Hall–Kier alpha value is -0.910. The fraction of sp³-hybridized carbons (Fsp3) is 0.455. The van der Waals surface area contributed by atoms with Crippen molar-refractivity contribution in [2.24, 2.45) is 0 Å². The molecule has 0 aliphatic carbocycles. The third-order valence-corrected chi connectivity index (χ3v) is 3.74. The summed E-state index contributed by atoms with van der Waals surface area (Å²) in [6, 6.07) is 4.95. The molecule has 1 atom stereocenters. The minimum absolute atomic E-state index is 0.00796. The monoisotopic (exact) mass is 242 g/mol. The van der Waals surface area contributed by atoms with Gasteiger partial charge in [0, 0.05) is 12.5 Å². The van der Waals surface area contributed by atoms with Crippen molar-refractivity contribution in [3.8, 4) is 0 Å². The standard InChI is InChI=1S/C11H14O4S/c1-8-2-3-11(16(12,13)14)10(6-8)9-4-5-15-7-9/h2-3,6,9H,4-5,7H2,1H3,(H,12,13,14)/t9-/m0/s1. The topological polar surface area (TPSA) is 63.6 Å². The first-order valence-corrected chi connectivity index (χ1v) is 6.58. The van der Waals surface area contributed by atoms with Crippen LogP contribution in [-0.2, 0) is 14.9 Å². The van der Waals surface area contributed by atoms with E-state index in [-0.39, 0.29) is 10.8 Å². The average Bonchev–Trinajstić information content (AvgIpc) is 2.68. The van der Waals surface area contributed by atoms with Crippen molar-refractivity contribution >= 4 is 10.1 Å². The number of hydrogen-bond acceptors (Lipinski definition) is 3. The van der Waals surface area contributed by atoms with Crippen LogP contribution in [0.15, 0.2) is 23.1 Å². The smallest absolute Gasteiger partial charge is 0.294 e. The molecule has 88 valence electrons. The van der Waals surface area contributed by atoms with Crippen molar-refractivity contribution in [1.82, 2.24) is 0 Å². The molecule has 0 spiro atoms. The molecule has 5 heteroatoms. The van der Waals surface area contributed by atoms with Gasteiger partial charge in [0.15, 0.2) is 0 Å². The summed E-state index contributed by atoms with van der Waals surface area (Å²) in [6.07, 6.45) is 0.798. The van der Waals surface area contributed by atoms with E-state index in [4.69, 9.17) is 9.29 Å². The highest BCUT2D eigenvalue weighted by atomic mass is 32.2. The highest BCUT2D eigenvalue weighted by molar-refractivity contribution is 7.85. The van der Waals surface area contributed by atoms with Gasteiger partial charge in [-0.05, 0) is 25.0 Å². The lowest BCUT2D eigenvalue weighted by atomic mass is 9.97. The summed E-state index contributed by atoms with van der Waals surface area (Å²) in [5, 5.41) is 0. The lowest BCUT2D eigenvalue weighted by Gasteiger charge is -2.13. The maximum absolute atomic E-state index is 11.2. The highest BCUT2D eigenvalue weighted by Crippen LogP contribution is 2.31. The zero-order valence-corrected chi connectivity index (χ0v) is 9.83. The van der Waals surface area contributed by atoms with E-state index < -0.39 is 10.1 Å². The average molecular weight is 242 g/mol. The summed E-state index contributed by atoms with van der Waals surface area (Å²) < 4.78 is 36.9. The second-order valence-electron chi connectivity index (χ2n) is 4.08. The number of hydrogen-bond donors (Lipinski definition) is 1. The van der Waals surface area contributed by atoms with Gasteiger partial charge in [-0.25, -0.2) is 0 Å². The van der Waals surface area contributed by atoms with Gasteiger partial charge < -0.3 is 4.74 Å². The molecule has 4 nitrogen and oxygen atoms in total. The zero-order chi connectivity index (χ0) is 11.8. The lowest BCUT2D eigenvalue weighted by Crippen LogP contribution is -2.08. The Morgan fingerprint density at radius 2 is 2.19 bits per heavy atom. The molecule has 0 unspecified atom stereocenters. The molecule has 0 aromatic heterocycles. The van der Waals surface area contributed by atoms with Crippen LogP contribution < -0.4 is 0 Å².